The lowest BCUT2D eigenvalue weighted by atomic mass is 10.2. The first-order valence-electron chi connectivity index (χ1n) is 6.85. The summed E-state index contributed by atoms with van der Waals surface area (Å²) in [4.78, 5) is 23.7. The van der Waals surface area contributed by atoms with E-state index >= 15 is 0 Å². The van der Waals surface area contributed by atoms with Gasteiger partial charge < -0.3 is 10.3 Å². The fraction of sp³-hybridized carbons (Fsp3) is 0.0625. The van der Waals surface area contributed by atoms with Gasteiger partial charge in [-0.15, -0.1) is 11.3 Å². The average molecular weight is 308 g/mol. The number of thiophene rings is 1. The van der Waals surface area contributed by atoms with Crippen LogP contribution in [0.3, 0.4) is 0 Å². The molecular formula is C16H12N4OS. The molecule has 4 rings (SSSR count). The highest BCUT2D eigenvalue weighted by Crippen LogP contribution is 2.26. The van der Waals surface area contributed by atoms with Crippen LogP contribution >= 0.6 is 11.3 Å². The molecule has 0 spiro atoms. The van der Waals surface area contributed by atoms with Crippen LogP contribution in [0.2, 0.25) is 0 Å². The minimum Gasteiger partial charge on any atom is -0.377 e. The zero-order chi connectivity index (χ0) is 14.9. The van der Waals surface area contributed by atoms with Crippen LogP contribution in [0.1, 0.15) is 5.82 Å². The highest BCUT2D eigenvalue weighted by atomic mass is 32.1. The molecule has 5 nitrogen and oxygen atoms in total. The number of anilines is 1. The molecule has 0 aliphatic rings. The lowest BCUT2D eigenvalue weighted by Gasteiger charge is -2.07. The van der Waals surface area contributed by atoms with E-state index in [9.17, 15) is 4.79 Å². The van der Waals surface area contributed by atoms with Crippen LogP contribution in [-0.4, -0.2) is 15.0 Å². The zero-order valence-corrected chi connectivity index (χ0v) is 12.4. The summed E-state index contributed by atoms with van der Waals surface area (Å²) in [5, 5.41) is 5.94. The minimum atomic E-state index is -0.113. The van der Waals surface area contributed by atoms with Gasteiger partial charge in [0, 0.05) is 6.20 Å². The van der Waals surface area contributed by atoms with Gasteiger partial charge in [0.2, 0.25) is 0 Å². The molecule has 4 aromatic rings. The number of aromatic amines is 1. The number of nitrogens with one attached hydrogen (secondary N) is 2. The van der Waals surface area contributed by atoms with E-state index in [4.69, 9.17) is 0 Å². The Hall–Kier alpha value is -2.73. The van der Waals surface area contributed by atoms with Crippen molar-refractivity contribution in [2.24, 2.45) is 0 Å². The normalized spacial score (nSPS) is 11.1. The van der Waals surface area contributed by atoms with Gasteiger partial charge >= 0.3 is 0 Å². The molecule has 0 bridgehead atoms. The Kier molecular flexibility index (Phi) is 3.08. The average Bonchev–Trinajstić information content (AvgIpc) is 3.02. The van der Waals surface area contributed by atoms with Crippen LogP contribution in [-0.2, 0) is 6.54 Å². The van der Waals surface area contributed by atoms with Gasteiger partial charge in [-0.25, -0.2) is 4.98 Å². The Morgan fingerprint density at radius 2 is 2.05 bits per heavy atom. The smallest absolute Gasteiger partial charge is 0.258 e. The number of nitrogens with zero attached hydrogens (tertiary/aromatic N) is 2. The van der Waals surface area contributed by atoms with Crippen molar-refractivity contribution in [2.75, 3.05) is 5.32 Å². The van der Waals surface area contributed by atoms with Crippen LogP contribution in [0.4, 0.5) is 5.69 Å². The number of para-hydroxylation sites is 1. The van der Waals surface area contributed by atoms with E-state index in [1.165, 1.54) is 0 Å². The molecule has 0 saturated heterocycles. The summed E-state index contributed by atoms with van der Waals surface area (Å²) in [5.41, 5.74) is 2.56. The van der Waals surface area contributed by atoms with Crippen molar-refractivity contribution in [2.45, 2.75) is 6.54 Å². The molecule has 0 aliphatic carbocycles. The fourth-order valence-corrected chi connectivity index (χ4v) is 3.25. The number of fused-ring (bicyclic) bond motifs is 2. The second kappa shape index (κ2) is 5.23. The number of rotatable bonds is 3. The van der Waals surface area contributed by atoms with Gasteiger partial charge in [0.15, 0.2) is 0 Å². The van der Waals surface area contributed by atoms with Crippen molar-refractivity contribution < 1.29 is 0 Å². The Morgan fingerprint density at radius 1 is 1.14 bits per heavy atom. The summed E-state index contributed by atoms with van der Waals surface area (Å²) in [7, 11) is 0. The van der Waals surface area contributed by atoms with Gasteiger partial charge in [0.25, 0.3) is 5.56 Å². The molecule has 0 aliphatic heterocycles. The number of pyridine rings is 1. The first-order chi connectivity index (χ1) is 10.8. The van der Waals surface area contributed by atoms with E-state index in [2.05, 4.69) is 20.3 Å². The van der Waals surface area contributed by atoms with E-state index in [1.54, 1.807) is 23.6 Å². The van der Waals surface area contributed by atoms with Gasteiger partial charge in [-0.1, -0.05) is 12.1 Å². The standard InChI is InChI=1S/C16H12N4OS/c21-16-10-3-1-2-4-11(10)19-14(20-16)9-18-12-5-7-17-13-6-8-22-15(12)13/h1-8H,9H2,(H,17,18)(H,19,20,21). The second-order valence-corrected chi connectivity index (χ2v) is 5.79. The maximum Gasteiger partial charge on any atom is 0.258 e. The highest BCUT2D eigenvalue weighted by molar-refractivity contribution is 7.17. The van der Waals surface area contributed by atoms with Crippen molar-refractivity contribution >= 4 is 38.1 Å². The number of aromatic nitrogens is 3. The monoisotopic (exact) mass is 308 g/mol. The molecule has 0 radical (unpaired) electrons. The molecule has 3 heterocycles. The molecule has 108 valence electrons. The predicted molar refractivity (Wildman–Crippen MR) is 89.3 cm³/mol. The highest BCUT2D eigenvalue weighted by Gasteiger charge is 2.06. The van der Waals surface area contributed by atoms with Crippen molar-refractivity contribution in [3.63, 3.8) is 0 Å². The number of hydrogen-bond donors (Lipinski definition) is 2. The topological polar surface area (TPSA) is 70.7 Å². The Morgan fingerprint density at radius 3 is 3.00 bits per heavy atom. The Labute approximate surface area is 129 Å². The van der Waals surface area contributed by atoms with Crippen molar-refractivity contribution in [3.8, 4) is 0 Å². The van der Waals surface area contributed by atoms with E-state index < -0.39 is 0 Å². The molecule has 0 amide bonds. The quantitative estimate of drug-likeness (QED) is 0.610. The number of benzene rings is 1. The van der Waals surface area contributed by atoms with E-state index in [-0.39, 0.29) is 5.56 Å². The third-order valence-electron chi connectivity index (χ3n) is 3.45. The Balaban J connectivity index is 1.67. The molecule has 0 saturated carbocycles. The fourth-order valence-electron chi connectivity index (χ4n) is 2.41. The second-order valence-electron chi connectivity index (χ2n) is 4.88. The van der Waals surface area contributed by atoms with Gasteiger partial charge in [-0.05, 0) is 29.6 Å². The van der Waals surface area contributed by atoms with Crippen LogP contribution in [0.15, 0.2) is 52.8 Å². The SMILES string of the molecule is O=c1[nH]c(CNc2ccnc3ccsc23)nc2ccccc12. The van der Waals surface area contributed by atoms with Crippen molar-refractivity contribution in [1.29, 1.82) is 0 Å². The molecular weight excluding hydrogens is 296 g/mol. The van der Waals surface area contributed by atoms with Crippen LogP contribution < -0.4 is 10.9 Å². The van der Waals surface area contributed by atoms with Crippen molar-refractivity contribution in [3.05, 3.63) is 64.2 Å². The first kappa shape index (κ1) is 13.0. The van der Waals surface area contributed by atoms with E-state index in [0.29, 0.717) is 23.3 Å². The van der Waals surface area contributed by atoms with Gasteiger partial charge in [-0.2, -0.15) is 0 Å². The lowest BCUT2D eigenvalue weighted by Crippen LogP contribution is -2.14. The number of H-pyrrole nitrogens is 1. The summed E-state index contributed by atoms with van der Waals surface area (Å²) < 4.78 is 1.10. The summed E-state index contributed by atoms with van der Waals surface area (Å²) in [6, 6.07) is 11.2. The molecule has 22 heavy (non-hydrogen) atoms. The summed E-state index contributed by atoms with van der Waals surface area (Å²) >= 11 is 1.64. The Bertz CT molecular complexity index is 1020. The molecule has 6 heteroatoms. The predicted octanol–water partition coefficient (Wildman–Crippen LogP) is 3.14. The van der Waals surface area contributed by atoms with Gasteiger partial charge in [-0.3, -0.25) is 9.78 Å². The van der Waals surface area contributed by atoms with Gasteiger partial charge in [0.05, 0.1) is 33.4 Å². The van der Waals surface area contributed by atoms with Crippen LogP contribution in [0.25, 0.3) is 21.1 Å². The first-order valence-corrected chi connectivity index (χ1v) is 7.73. The minimum absolute atomic E-state index is 0.113. The molecule has 1 aromatic carbocycles. The summed E-state index contributed by atoms with van der Waals surface area (Å²) in [6.45, 7) is 0.455. The largest absolute Gasteiger partial charge is 0.377 e. The van der Waals surface area contributed by atoms with E-state index in [0.717, 1.165) is 15.9 Å². The molecule has 0 atom stereocenters. The molecule has 0 fully saturated rings. The maximum atomic E-state index is 12.1. The van der Waals surface area contributed by atoms with Gasteiger partial charge in [0.1, 0.15) is 5.82 Å². The van der Waals surface area contributed by atoms with Crippen LogP contribution in [0.5, 0.6) is 0 Å². The maximum absolute atomic E-state index is 12.1. The number of hydrogen-bond acceptors (Lipinski definition) is 5. The summed E-state index contributed by atoms with van der Waals surface area (Å²) in [5.74, 6) is 0.616. The van der Waals surface area contributed by atoms with Crippen molar-refractivity contribution in [1.82, 2.24) is 15.0 Å². The molecule has 3 aromatic heterocycles. The third kappa shape index (κ3) is 2.23. The zero-order valence-electron chi connectivity index (χ0n) is 11.5. The van der Waals surface area contributed by atoms with E-state index in [1.807, 2.05) is 35.7 Å². The lowest BCUT2D eigenvalue weighted by molar-refractivity contribution is 0.954. The van der Waals surface area contributed by atoms with Crippen LogP contribution in [0, 0.1) is 0 Å². The summed E-state index contributed by atoms with van der Waals surface area (Å²) in [6.07, 6.45) is 1.77. The third-order valence-corrected chi connectivity index (χ3v) is 4.39. The molecule has 0 unspecified atom stereocenters. The molecule has 2 N–H and O–H groups in total.